The largest absolute Gasteiger partial charge is 0.361 e. The number of hydrogen-bond acceptors (Lipinski definition) is 4. The highest BCUT2D eigenvalue weighted by Gasteiger charge is 2.25. The maximum atomic E-state index is 12.8. The fourth-order valence-electron chi connectivity index (χ4n) is 3.64. The van der Waals surface area contributed by atoms with Crippen LogP contribution >= 0.6 is 0 Å². The maximum Gasteiger partial charge on any atom is 0.274 e. The molecule has 4 rings (SSSR count). The van der Waals surface area contributed by atoms with Crippen molar-refractivity contribution in [2.45, 2.75) is 25.7 Å². The molecule has 144 valence electrons. The number of nitrogens with zero attached hydrogens (tertiary/aromatic N) is 3. The van der Waals surface area contributed by atoms with Crippen molar-refractivity contribution < 1.29 is 9.59 Å². The second kappa shape index (κ2) is 8.21. The van der Waals surface area contributed by atoms with E-state index < -0.39 is 0 Å². The lowest BCUT2D eigenvalue weighted by molar-refractivity contribution is 0.0711. The third kappa shape index (κ3) is 3.74. The van der Waals surface area contributed by atoms with Crippen LogP contribution in [0.2, 0.25) is 0 Å². The summed E-state index contributed by atoms with van der Waals surface area (Å²) >= 11 is 0. The fourth-order valence-corrected chi connectivity index (χ4v) is 3.64. The molecule has 2 aromatic heterocycles. The standard InChI is InChI=1S/C21H23N5O2/c27-20(24-9-8-15-14-25-17-7-3-2-6-16(15)17)18-19(23-11-10-22-18)21(28)26-12-4-1-5-13-26/h2-3,6-7,10-11,14,25H,1,4-5,8-9,12-13H2,(H,24,27). The van der Waals surface area contributed by atoms with Crippen molar-refractivity contribution in [1.82, 2.24) is 25.2 Å². The Balaban J connectivity index is 1.43. The fraction of sp³-hybridized carbons (Fsp3) is 0.333. The number of nitrogens with one attached hydrogen (secondary N) is 2. The van der Waals surface area contributed by atoms with Crippen LogP contribution in [0.1, 0.15) is 45.8 Å². The van der Waals surface area contributed by atoms with E-state index >= 15 is 0 Å². The Kier molecular flexibility index (Phi) is 5.32. The number of hydrogen-bond donors (Lipinski definition) is 2. The molecule has 0 radical (unpaired) electrons. The molecule has 1 aliphatic rings. The molecule has 2 amide bonds. The lowest BCUT2D eigenvalue weighted by Crippen LogP contribution is -2.38. The van der Waals surface area contributed by atoms with Crippen LogP contribution in [0.25, 0.3) is 10.9 Å². The van der Waals surface area contributed by atoms with Crippen LogP contribution in [0, 0.1) is 0 Å². The van der Waals surface area contributed by atoms with Crippen LogP contribution in [0.5, 0.6) is 0 Å². The summed E-state index contributed by atoms with van der Waals surface area (Å²) in [4.78, 5) is 38.7. The summed E-state index contributed by atoms with van der Waals surface area (Å²) in [7, 11) is 0. The number of piperidine rings is 1. The molecule has 2 N–H and O–H groups in total. The molecule has 0 aliphatic carbocycles. The monoisotopic (exact) mass is 377 g/mol. The molecule has 7 heteroatoms. The first-order valence-electron chi connectivity index (χ1n) is 9.67. The van der Waals surface area contributed by atoms with Gasteiger partial charge in [0.15, 0.2) is 11.4 Å². The lowest BCUT2D eigenvalue weighted by atomic mass is 10.1. The minimum absolute atomic E-state index is 0.0944. The van der Waals surface area contributed by atoms with Crippen LogP contribution < -0.4 is 5.32 Å². The van der Waals surface area contributed by atoms with E-state index in [1.54, 1.807) is 4.90 Å². The molecule has 0 atom stereocenters. The van der Waals surface area contributed by atoms with Gasteiger partial charge < -0.3 is 15.2 Å². The quantitative estimate of drug-likeness (QED) is 0.715. The minimum Gasteiger partial charge on any atom is -0.361 e. The van der Waals surface area contributed by atoms with Gasteiger partial charge in [-0.2, -0.15) is 0 Å². The number of amides is 2. The van der Waals surface area contributed by atoms with Crippen LogP contribution in [-0.2, 0) is 6.42 Å². The van der Waals surface area contributed by atoms with E-state index in [9.17, 15) is 9.59 Å². The predicted molar refractivity (Wildman–Crippen MR) is 106 cm³/mol. The Bertz CT molecular complexity index is 991. The van der Waals surface area contributed by atoms with E-state index in [1.807, 2.05) is 24.4 Å². The molecular weight excluding hydrogens is 354 g/mol. The Hall–Kier alpha value is -3.22. The van der Waals surface area contributed by atoms with Gasteiger partial charge in [-0.1, -0.05) is 18.2 Å². The summed E-state index contributed by atoms with van der Waals surface area (Å²) in [6.45, 7) is 1.86. The summed E-state index contributed by atoms with van der Waals surface area (Å²) in [6, 6.07) is 8.06. The van der Waals surface area contributed by atoms with E-state index in [0.717, 1.165) is 35.7 Å². The number of benzene rings is 1. The third-order valence-corrected chi connectivity index (χ3v) is 5.11. The Morgan fingerprint density at radius 1 is 1.04 bits per heavy atom. The van der Waals surface area contributed by atoms with E-state index in [-0.39, 0.29) is 23.2 Å². The summed E-state index contributed by atoms with van der Waals surface area (Å²) in [5, 5.41) is 4.02. The first-order chi connectivity index (χ1) is 13.7. The zero-order valence-corrected chi connectivity index (χ0v) is 15.6. The van der Waals surface area contributed by atoms with E-state index in [4.69, 9.17) is 0 Å². The summed E-state index contributed by atoms with van der Waals surface area (Å²) in [6.07, 6.45) is 8.65. The van der Waals surface area contributed by atoms with Crippen LogP contribution in [0.3, 0.4) is 0 Å². The zero-order chi connectivity index (χ0) is 19.3. The second-order valence-electron chi connectivity index (χ2n) is 6.97. The van der Waals surface area contributed by atoms with Crippen LogP contribution in [0.15, 0.2) is 42.9 Å². The van der Waals surface area contributed by atoms with Gasteiger partial charge in [0, 0.05) is 49.1 Å². The van der Waals surface area contributed by atoms with Gasteiger partial charge in [0.1, 0.15) is 0 Å². The molecule has 1 aromatic carbocycles. The smallest absolute Gasteiger partial charge is 0.274 e. The number of rotatable bonds is 5. The van der Waals surface area contributed by atoms with Crippen molar-refractivity contribution in [2.24, 2.45) is 0 Å². The third-order valence-electron chi connectivity index (χ3n) is 5.11. The maximum absolute atomic E-state index is 12.8. The summed E-state index contributed by atoms with van der Waals surface area (Å²) < 4.78 is 0. The van der Waals surface area contributed by atoms with Crippen LogP contribution in [-0.4, -0.2) is 51.3 Å². The van der Waals surface area contributed by atoms with Crippen molar-refractivity contribution in [2.75, 3.05) is 19.6 Å². The highest BCUT2D eigenvalue weighted by molar-refractivity contribution is 6.04. The van der Waals surface area contributed by atoms with Crippen molar-refractivity contribution in [1.29, 1.82) is 0 Å². The van der Waals surface area contributed by atoms with Gasteiger partial charge in [0.2, 0.25) is 0 Å². The molecular formula is C21H23N5O2. The highest BCUT2D eigenvalue weighted by Crippen LogP contribution is 2.18. The Labute approximate surface area is 163 Å². The molecule has 0 saturated carbocycles. The minimum atomic E-state index is -0.367. The van der Waals surface area contributed by atoms with Gasteiger partial charge in [-0.25, -0.2) is 9.97 Å². The normalized spacial score (nSPS) is 14.2. The predicted octanol–water partition coefficient (Wildman–Crippen LogP) is 2.56. The van der Waals surface area contributed by atoms with Gasteiger partial charge in [-0.15, -0.1) is 0 Å². The van der Waals surface area contributed by atoms with Gasteiger partial charge in [-0.05, 0) is 37.3 Å². The molecule has 3 aromatic rings. The molecule has 1 saturated heterocycles. The van der Waals surface area contributed by atoms with Gasteiger partial charge in [0.05, 0.1) is 0 Å². The number of fused-ring (bicyclic) bond motifs is 1. The number of aromatic amines is 1. The molecule has 0 bridgehead atoms. The molecule has 1 aliphatic heterocycles. The molecule has 3 heterocycles. The molecule has 1 fully saturated rings. The second-order valence-corrected chi connectivity index (χ2v) is 6.97. The van der Waals surface area contributed by atoms with Gasteiger partial charge in [0.25, 0.3) is 11.8 Å². The van der Waals surface area contributed by atoms with Crippen molar-refractivity contribution >= 4 is 22.7 Å². The summed E-state index contributed by atoms with van der Waals surface area (Å²) in [5.41, 5.74) is 2.44. The lowest BCUT2D eigenvalue weighted by Gasteiger charge is -2.26. The molecule has 0 spiro atoms. The average Bonchev–Trinajstić information content (AvgIpc) is 3.17. The van der Waals surface area contributed by atoms with E-state index in [2.05, 4.69) is 26.3 Å². The van der Waals surface area contributed by atoms with E-state index in [1.165, 1.54) is 12.4 Å². The Morgan fingerprint density at radius 2 is 1.79 bits per heavy atom. The van der Waals surface area contributed by atoms with Crippen LogP contribution in [0.4, 0.5) is 0 Å². The number of H-pyrrole nitrogens is 1. The van der Waals surface area contributed by atoms with Crippen molar-refractivity contribution in [3.63, 3.8) is 0 Å². The first-order valence-corrected chi connectivity index (χ1v) is 9.67. The average molecular weight is 377 g/mol. The SMILES string of the molecule is O=C(NCCc1c[nH]c2ccccc12)c1nccnc1C(=O)N1CCCCC1. The number of para-hydroxylation sites is 1. The Morgan fingerprint density at radius 3 is 2.61 bits per heavy atom. The molecule has 0 unspecified atom stereocenters. The number of aromatic nitrogens is 3. The van der Waals surface area contributed by atoms with Crippen molar-refractivity contribution in [3.05, 3.63) is 59.8 Å². The number of carbonyl (C=O) groups excluding carboxylic acids is 2. The van der Waals surface area contributed by atoms with Crippen molar-refractivity contribution in [3.8, 4) is 0 Å². The summed E-state index contributed by atoms with van der Waals surface area (Å²) in [5.74, 6) is -0.581. The number of carbonyl (C=O) groups is 2. The van der Waals surface area contributed by atoms with Gasteiger partial charge in [-0.3, -0.25) is 9.59 Å². The highest BCUT2D eigenvalue weighted by atomic mass is 16.2. The first kappa shape index (κ1) is 18.2. The molecule has 7 nitrogen and oxygen atoms in total. The van der Waals surface area contributed by atoms with Gasteiger partial charge >= 0.3 is 0 Å². The molecule has 28 heavy (non-hydrogen) atoms. The van der Waals surface area contributed by atoms with E-state index in [0.29, 0.717) is 26.1 Å². The number of likely N-dealkylation sites (tertiary alicyclic amines) is 1. The zero-order valence-electron chi connectivity index (χ0n) is 15.6. The topological polar surface area (TPSA) is 91.0 Å².